The third kappa shape index (κ3) is 2.96. The first kappa shape index (κ1) is 16.3. The van der Waals surface area contributed by atoms with Gasteiger partial charge in [-0.1, -0.05) is 31.1 Å². The summed E-state index contributed by atoms with van der Waals surface area (Å²) in [5, 5.41) is 12.8. The van der Waals surface area contributed by atoms with E-state index in [1.54, 1.807) is 6.20 Å². The lowest BCUT2D eigenvalue weighted by Gasteiger charge is -2.29. The summed E-state index contributed by atoms with van der Waals surface area (Å²) in [5.74, 6) is -1.59. The lowest BCUT2D eigenvalue weighted by molar-refractivity contribution is -0.148. The van der Waals surface area contributed by atoms with E-state index in [2.05, 4.69) is 10.3 Å². The first-order valence-corrected chi connectivity index (χ1v) is 9.27. The van der Waals surface area contributed by atoms with Crippen LogP contribution in [0.1, 0.15) is 43.8 Å². The number of carboxylic acids is 1. The van der Waals surface area contributed by atoms with Crippen LogP contribution < -0.4 is 5.32 Å². The quantitative estimate of drug-likeness (QED) is 0.808. The van der Waals surface area contributed by atoms with E-state index in [0.29, 0.717) is 5.92 Å². The molecule has 2 N–H and O–H groups in total. The maximum absolute atomic E-state index is 13.1. The molecule has 132 valence electrons. The Hall–Kier alpha value is -2.17. The summed E-state index contributed by atoms with van der Waals surface area (Å²) >= 11 is 0. The monoisotopic (exact) mass is 340 g/mol. The molecule has 5 nitrogen and oxygen atoms in total. The van der Waals surface area contributed by atoms with E-state index in [4.69, 9.17) is 0 Å². The minimum Gasteiger partial charge on any atom is -0.481 e. The van der Waals surface area contributed by atoms with E-state index in [-0.39, 0.29) is 23.8 Å². The van der Waals surface area contributed by atoms with Crippen molar-refractivity contribution in [1.29, 1.82) is 0 Å². The van der Waals surface area contributed by atoms with Gasteiger partial charge in [-0.15, -0.1) is 0 Å². The Kier molecular flexibility index (Phi) is 4.32. The van der Waals surface area contributed by atoms with Crippen LogP contribution in [0.5, 0.6) is 0 Å². The SMILES string of the molecule is O=C(O)[C@H]1[C@H](C(=O)N[C@H](c2ccccn2)C2CCCC2)[C@H]2C=C[C@H]1C2. The second kappa shape index (κ2) is 6.62. The van der Waals surface area contributed by atoms with Crippen LogP contribution in [-0.4, -0.2) is 22.0 Å². The summed E-state index contributed by atoms with van der Waals surface area (Å²) in [7, 11) is 0. The van der Waals surface area contributed by atoms with Crippen LogP contribution in [0.15, 0.2) is 36.5 Å². The third-order valence-electron chi connectivity index (χ3n) is 6.22. The van der Waals surface area contributed by atoms with E-state index in [9.17, 15) is 14.7 Å². The highest BCUT2D eigenvalue weighted by Crippen LogP contribution is 2.48. The largest absolute Gasteiger partial charge is 0.481 e. The van der Waals surface area contributed by atoms with Gasteiger partial charge in [0.1, 0.15) is 0 Å². The molecule has 1 heterocycles. The summed E-state index contributed by atoms with van der Waals surface area (Å²) < 4.78 is 0. The van der Waals surface area contributed by atoms with Crippen LogP contribution in [-0.2, 0) is 9.59 Å². The Bertz CT molecular complexity index is 681. The highest BCUT2D eigenvalue weighted by Gasteiger charge is 2.52. The van der Waals surface area contributed by atoms with Gasteiger partial charge in [0.05, 0.1) is 23.6 Å². The summed E-state index contributed by atoms with van der Waals surface area (Å²) in [6.45, 7) is 0. The number of fused-ring (bicyclic) bond motifs is 2. The number of allylic oxidation sites excluding steroid dienone is 2. The van der Waals surface area contributed by atoms with Crippen molar-refractivity contribution in [1.82, 2.24) is 10.3 Å². The zero-order valence-corrected chi connectivity index (χ0v) is 14.2. The summed E-state index contributed by atoms with van der Waals surface area (Å²) in [6, 6.07) is 5.65. The molecule has 4 rings (SSSR count). The normalized spacial score (nSPS) is 32.0. The molecule has 0 unspecified atom stereocenters. The number of hydrogen-bond acceptors (Lipinski definition) is 3. The number of carbonyl (C=O) groups excluding carboxylic acids is 1. The molecular formula is C20H24N2O3. The van der Waals surface area contributed by atoms with Crippen molar-refractivity contribution in [2.45, 2.75) is 38.1 Å². The fraction of sp³-hybridized carbons (Fsp3) is 0.550. The zero-order chi connectivity index (χ0) is 17.4. The first-order valence-electron chi connectivity index (χ1n) is 9.27. The van der Waals surface area contributed by atoms with Crippen LogP contribution >= 0.6 is 0 Å². The maximum atomic E-state index is 13.1. The molecule has 0 spiro atoms. The van der Waals surface area contributed by atoms with Gasteiger partial charge in [-0.25, -0.2) is 0 Å². The van der Waals surface area contributed by atoms with Crippen LogP contribution in [0.3, 0.4) is 0 Å². The van der Waals surface area contributed by atoms with Gasteiger partial charge in [-0.05, 0) is 49.1 Å². The number of nitrogens with zero attached hydrogens (tertiary/aromatic N) is 1. The van der Waals surface area contributed by atoms with Gasteiger partial charge in [0.2, 0.25) is 5.91 Å². The molecule has 2 fully saturated rings. The molecule has 3 aliphatic carbocycles. The van der Waals surface area contributed by atoms with Crippen LogP contribution in [0, 0.1) is 29.6 Å². The summed E-state index contributed by atoms with van der Waals surface area (Å²) in [5.41, 5.74) is 0.883. The van der Waals surface area contributed by atoms with Crippen LogP contribution in [0.2, 0.25) is 0 Å². The van der Waals surface area contributed by atoms with Gasteiger partial charge in [0.15, 0.2) is 0 Å². The van der Waals surface area contributed by atoms with Crippen molar-refractivity contribution >= 4 is 11.9 Å². The topological polar surface area (TPSA) is 79.3 Å². The molecule has 0 saturated heterocycles. The number of aliphatic carboxylic acids is 1. The first-order chi connectivity index (χ1) is 12.1. The highest BCUT2D eigenvalue weighted by molar-refractivity contribution is 5.87. The zero-order valence-electron chi connectivity index (χ0n) is 14.2. The fourth-order valence-electron chi connectivity index (χ4n) is 5.05. The van der Waals surface area contributed by atoms with Gasteiger partial charge in [-0.2, -0.15) is 0 Å². The number of hydrogen-bond donors (Lipinski definition) is 2. The average molecular weight is 340 g/mol. The van der Waals surface area contributed by atoms with Gasteiger partial charge >= 0.3 is 5.97 Å². The molecule has 1 aromatic heterocycles. The number of pyridine rings is 1. The second-order valence-corrected chi connectivity index (χ2v) is 7.62. The predicted molar refractivity (Wildman–Crippen MR) is 92.4 cm³/mol. The van der Waals surface area contributed by atoms with E-state index in [1.807, 2.05) is 30.4 Å². The summed E-state index contributed by atoms with van der Waals surface area (Å²) in [4.78, 5) is 29.2. The van der Waals surface area contributed by atoms with Crippen molar-refractivity contribution in [2.75, 3.05) is 0 Å². The van der Waals surface area contributed by atoms with Crippen molar-refractivity contribution in [2.24, 2.45) is 29.6 Å². The molecule has 1 amide bonds. The molecule has 1 aromatic rings. The Labute approximate surface area is 147 Å². The standard InChI is InChI=1S/C20H24N2O3/c23-19(16-13-8-9-14(11-13)17(16)20(24)25)22-18(12-5-1-2-6-12)15-7-3-4-10-21-15/h3-4,7-10,12-14,16-18H,1-2,5-6,11H2,(H,22,23)(H,24,25)/t13-,14-,16+,17+,18-/m0/s1. The summed E-state index contributed by atoms with van der Waals surface area (Å²) in [6.07, 6.45) is 11.1. The van der Waals surface area contributed by atoms with Crippen LogP contribution in [0.25, 0.3) is 0 Å². The van der Waals surface area contributed by atoms with Gasteiger partial charge in [0, 0.05) is 6.20 Å². The molecule has 5 atom stereocenters. The smallest absolute Gasteiger partial charge is 0.307 e. The molecule has 3 aliphatic rings. The van der Waals surface area contributed by atoms with Gasteiger partial charge in [-0.3, -0.25) is 14.6 Å². The number of amides is 1. The molecule has 25 heavy (non-hydrogen) atoms. The van der Waals surface area contributed by atoms with Crippen molar-refractivity contribution in [3.05, 3.63) is 42.2 Å². The maximum Gasteiger partial charge on any atom is 0.307 e. The Morgan fingerprint density at radius 3 is 2.48 bits per heavy atom. The number of nitrogens with one attached hydrogen (secondary N) is 1. The lowest BCUT2D eigenvalue weighted by Crippen LogP contribution is -2.43. The van der Waals surface area contributed by atoms with Gasteiger partial charge < -0.3 is 10.4 Å². The Morgan fingerprint density at radius 2 is 1.84 bits per heavy atom. The minimum atomic E-state index is -0.854. The molecule has 2 bridgehead atoms. The molecule has 0 aliphatic heterocycles. The van der Waals surface area contributed by atoms with E-state index in [1.165, 1.54) is 12.8 Å². The van der Waals surface area contributed by atoms with Crippen molar-refractivity contribution in [3.8, 4) is 0 Å². The highest BCUT2D eigenvalue weighted by atomic mass is 16.4. The minimum absolute atomic E-state index is 0.00182. The predicted octanol–water partition coefficient (Wildman–Crippen LogP) is 2.95. The third-order valence-corrected chi connectivity index (χ3v) is 6.22. The van der Waals surface area contributed by atoms with Crippen molar-refractivity contribution < 1.29 is 14.7 Å². The van der Waals surface area contributed by atoms with E-state index < -0.39 is 17.8 Å². The number of carboxylic acid groups (broad SMARTS) is 1. The second-order valence-electron chi connectivity index (χ2n) is 7.62. The van der Waals surface area contributed by atoms with Gasteiger partial charge in [0.25, 0.3) is 0 Å². The van der Waals surface area contributed by atoms with E-state index in [0.717, 1.165) is 25.0 Å². The lowest BCUT2D eigenvalue weighted by atomic mass is 9.82. The van der Waals surface area contributed by atoms with Crippen LogP contribution in [0.4, 0.5) is 0 Å². The van der Waals surface area contributed by atoms with Crippen molar-refractivity contribution in [3.63, 3.8) is 0 Å². The number of rotatable bonds is 5. The van der Waals surface area contributed by atoms with E-state index >= 15 is 0 Å². The average Bonchev–Trinajstić information content (AvgIpc) is 3.36. The molecule has 2 saturated carbocycles. The molecule has 5 heteroatoms. The fourth-order valence-corrected chi connectivity index (χ4v) is 5.05. The number of aromatic nitrogens is 1. The number of carbonyl (C=O) groups is 2. The molecular weight excluding hydrogens is 316 g/mol. The Balaban J connectivity index is 1.56. The molecule has 0 aromatic carbocycles. The Morgan fingerprint density at radius 1 is 1.12 bits per heavy atom. The molecule has 0 radical (unpaired) electrons.